The number of carbonyl (C=O) groups excluding carboxylic acids is 4. The fraction of sp³-hybridized carbons (Fsp3) is 0.349. The Bertz CT molecular complexity index is 1760. The highest BCUT2D eigenvalue weighted by Crippen LogP contribution is 2.26. The molecule has 0 fully saturated rings. The first kappa shape index (κ1) is 38.6. The van der Waals surface area contributed by atoms with Crippen LogP contribution >= 0.6 is 0 Å². The normalized spacial score (nSPS) is 14.4. The molecule has 5 rings (SSSR count). The molecule has 4 amide bonds. The second-order valence-electron chi connectivity index (χ2n) is 14.3. The average molecular weight is 719 g/mol. The Kier molecular flexibility index (Phi) is 13.6. The molecule has 1 heterocycles. The zero-order valence-electron chi connectivity index (χ0n) is 30.8. The van der Waals surface area contributed by atoms with E-state index in [1.54, 1.807) is 20.8 Å². The molecule has 10 nitrogen and oxygen atoms in total. The highest BCUT2D eigenvalue weighted by molar-refractivity contribution is 5.91. The third-order valence-corrected chi connectivity index (χ3v) is 9.10. The van der Waals surface area contributed by atoms with Gasteiger partial charge in [0.1, 0.15) is 24.3 Å². The van der Waals surface area contributed by atoms with Crippen LogP contribution in [0.2, 0.25) is 0 Å². The van der Waals surface area contributed by atoms with Gasteiger partial charge in [0.25, 0.3) is 0 Å². The number of hydrogen-bond donors (Lipinski definition) is 3. The highest BCUT2D eigenvalue weighted by Gasteiger charge is 2.37. The second kappa shape index (κ2) is 18.7. The number of alkyl carbamates (subject to hydrolysis) is 1. The average Bonchev–Trinajstić information content (AvgIpc) is 3.16. The molecule has 0 saturated carbocycles. The van der Waals surface area contributed by atoms with Crippen molar-refractivity contribution >= 4 is 24.0 Å². The Morgan fingerprint density at radius 2 is 1.34 bits per heavy atom. The van der Waals surface area contributed by atoms with Crippen LogP contribution in [0.5, 0.6) is 0 Å². The van der Waals surface area contributed by atoms with E-state index in [4.69, 9.17) is 9.47 Å². The van der Waals surface area contributed by atoms with Gasteiger partial charge in [0.2, 0.25) is 11.8 Å². The summed E-state index contributed by atoms with van der Waals surface area (Å²) in [6.45, 7) is 6.33. The number of nitrogens with zero attached hydrogens (tertiary/aromatic N) is 1. The van der Waals surface area contributed by atoms with E-state index in [2.05, 4.69) is 16.0 Å². The molecule has 0 aliphatic carbocycles. The largest absolute Gasteiger partial charge is 0.445 e. The van der Waals surface area contributed by atoms with E-state index >= 15 is 0 Å². The van der Waals surface area contributed by atoms with Crippen molar-refractivity contribution in [3.05, 3.63) is 143 Å². The Morgan fingerprint density at radius 3 is 1.96 bits per heavy atom. The number of nitrogens with one attached hydrogen (secondary N) is 3. The maximum absolute atomic E-state index is 14.2. The number of carbonyl (C=O) groups is 4. The summed E-state index contributed by atoms with van der Waals surface area (Å²) in [6.07, 6.45) is 0.573. The molecule has 0 saturated heterocycles. The van der Waals surface area contributed by atoms with Gasteiger partial charge >= 0.3 is 12.2 Å². The van der Waals surface area contributed by atoms with Crippen molar-refractivity contribution in [3.63, 3.8) is 0 Å². The van der Waals surface area contributed by atoms with Crippen LogP contribution in [0.3, 0.4) is 0 Å². The summed E-state index contributed by atoms with van der Waals surface area (Å²) >= 11 is 0. The van der Waals surface area contributed by atoms with Gasteiger partial charge in [-0.3, -0.25) is 14.5 Å². The van der Waals surface area contributed by atoms with Crippen molar-refractivity contribution in [3.8, 4) is 0 Å². The zero-order valence-corrected chi connectivity index (χ0v) is 30.8. The molecule has 0 unspecified atom stereocenters. The van der Waals surface area contributed by atoms with Gasteiger partial charge in [0.15, 0.2) is 0 Å². The maximum atomic E-state index is 14.2. The van der Waals surface area contributed by atoms with Crippen LogP contribution in [0.4, 0.5) is 9.59 Å². The summed E-state index contributed by atoms with van der Waals surface area (Å²) in [5, 5.41) is 8.87. The van der Waals surface area contributed by atoms with E-state index in [-0.39, 0.29) is 31.4 Å². The number of benzene rings is 4. The van der Waals surface area contributed by atoms with E-state index < -0.39 is 35.8 Å². The lowest BCUT2D eigenvalue weighted by Gasteiger charge is -2.36. The molecule has 0 aromatic heterocycles. The summed E-state index contributed by atoms with van der Waals surface area (Å²) in [4.78, 5) is 55.4. The highest BCUT2D eigenvalue weighted by atomic mass is 16.6. The van der Waals surface area contributed by atoms with Gasteiger partial charge < -0.3 is 25.4 Å². The van der Waals surface area contributed by atoms with Crippen molar-refractivity contribution in [2.45, 2.75) is 83.2 Å². The molecule has 0 bridgehead atoms. The first-order valence-electron chi connectivity index (χ1n) is 18.3. The molecule has 2 atom stereocenters. The van der Waals surface area contributed by atoms with Crippen LogP contribution in [0.1, 0.15) is 73.8 Å². The first-order valence-corrected chi connectivity index (χ1v) is 18.3. The lowest BCUT2D eigenvalue weighted by molar-refractivity contribution is -0.132. The smallest absolute Gasteiger partial charge is 0.411 e. The van der Waals surface area contributed by atoms with Crippen LogP contribution in [-0.4, -0.2) is 59.7 Å². The van der Waals surface area contributed by atoms with Crippen LogP contribution < -0.4 is 16.0 Å². The molecule has 4 aromatic rings. The summed E-state index contributed by atoms with van der Waals surface area (Å²) in [6, 6.07) is 35.2. The van der Waals surface area contributed by atoms with Crippen molar-refractivity contribution in [1.29, 1.82) is 0 Å². The van der Waals surface area contributed by atoms with Crippen molar-refractivity contribution < 1.29 is 28.7 Å². The van der Waals surface area contributed by atoms with E-state index in [0.29, 0.717) is 32.4 Å². The molecule has 4 aromatic carbocycles. The van der Waals surface area contributed by atoms with Crippen molar-refractivity contribution in [2.75, 3.05) is 13.1 Å². The maximum Gasteiger partial charge on any atom is 0.411 e. The van der Waals surface area contributed by atoms with E-state index in [0.717, 1.165) is 27.8 Å². The van der Waals surface area contributed by atoms with Gasteiger partial charge in [-0.25, -0.2) is 9.59 Å². The van der Waals surface area contributed by atoms with Crippen LogP contribution in [-0.2, 0) is 38.6 Å². The van der Waals surface area contributed by atoms with Gasteiger partial charge in [-0.2, -0.15) is 0 Å². The van der Waals surface area contributed by atoms with Gasteiger partial charge in [0, 0.05) is 25.4 Å². The molecule has 278 valence electrons. The van der Waals surface area contributed by atoms with Gasteiger partial charge in [-0.15, -0.1) is 0 Å². The third kappa shape index (κ3) is 11.7. The number of unbranched alkanes of at least 4 members (excludes halogenated alkanes) is 1. The fourth-order valence-electron chi connectivity index (χ4n) is 6.39. The number of amides is 4. The van der Waals surface area contributed by atoms with Gasteiger partial charge in [-0.1, -0.05) is 115 Å². The summed E-state index contributed by atoms with van der Waals surface area (Å²) < 4.78 is 11.0. The fourth-order valence-corrected chi connectivity index (χ4v) is 6.39. The first-order chi connectivity index (χ1) is 25.6. The predicted molar refractivity (Wildman–Crippen MR) is 204 cm³/mol. The summed E-state index contributed by atoms with van der Waals surface area (Å²) in [5.41, 5.74) is 4.23. The van der Waals surface area contributed by atoms with Gasteiger partial charge in [-0.05, 0) is 67.9 Å². The summed E-state index contributed by atoms with van der Waals surface area (Å²) in [5.74, 6) is -0.879. The van der Waals surface area contributed by atoms with Crippen molar-refractivity contribution in [2.24, 2.45) is 0 Å². The molecule has 0 radical (unpaired) electrons. The number of fused-ring (bicyclic) bond motifs is 1. The molecular weight excluding hydrogens is 668 g/mol. The second-order valence-corrected chi connectivity index (χ2v) is 14.3. The van der Waals surface area contributed by atoms with Gasteiger partial charge in [0.05, 0.1) is 6.54 Å². The predicted octanol–water partition coefficient (Wildman–Crippen LogP) is 6.88. The minimum absolute atomic E-state index is 0.0680. The Morgan fingerprint density at radius 1 is 0.755 bits per heavy atom. The third-order valence-electron chi connectivity index (χ3n) is 9.10. The molecule has 1 aliphatic heterocycles. The quantitative estimate of drug-likeness (QED) is 0.122. The molecule has 3 N–H and O–H groups in total. The minimum Gasteiger partial charge on any atom is -0.445 e. The molecule has 1 aliphatic rings. The number of hydrogen-bond acceptors (Lipinski definition) is 6. The standard InChI is InChI=1S/C43H50N4O6/c1-43(2,3)53-41(50)44-26-16-15-25-37(39(48)45-28-36(32-19-9-5-10-20-32)33-21-11-6-12-22-33)46-40(49)38-27-34-23-13-14-24-35(34)29-47(38)42(51)52-30-31-17-7-4-8-18-31/h4-14,17-24,36-38H,15-16,25-30H2,1-3H3,(H,44,50)(H,45,48)(H,46,49)/t37-,38+/m1/s1. The summed E-state index contributed by atoms with van der Waals surface area (Å²) in [7, 11) is 0. The molecule has 0 spiro atoms. The lowest BCUT2D eigenvalue weighted by Crippen LogP contribution is -2.57. The van der Waals surface area contributed by atoms with Crippen LogP contribution in [0, 0.1) is 0 Å². The monoisotopic (exact) mass is 718 g/mol. The Balaban J connectivity index is 1.31. The minimum atomic E-state index is -0.893. The lowest BCUT2D eigenvalue weighted by atomic mass is 9.91. The molecule has 10 heteroatoms. The Labute approximate surface area is 312 Å². The SMILES string of the molecule is CC(C)(C)OC(=O)NCCCC[C@@H](NC(=O)[C@@H]1Cc2ccccc2CN1C(=O)OCc1ccccc1)C(=O)NCC(c1ccccc1)c1ccccc1. The van der Waals surface area contributed by atoms with E-state index in [1.165, 1.54) is 4.90 Å². The molecular formula is C43H50N4O6. The number of ether oxygens (including phenoxy) is 2. The van der Waals surface area contributed by atoms with Crippen LogP contribution in [0.15, 0.2) is 115 Å². The van der Waals surface area contributed by atoms with E-state index in [9.17, 15) is 19.2 Å². The van der Waals surface area contributed by atoms with E-state index in [1.807, 2.05) is 115 Å². The Hall–Kier alpha value is -5.64. The molecule has 53 heavy (non-hydrogen) atoms. The zero-order chi connectivity index (χ0) is 37.6. The van der Waals surface area contributed by atoms with Crippen molar-refractivity contribution in [1.82, 2.24) is 20.9 Å². The topological polar surface area (TPSA) is 126 Å². The van der Waals surface area contributed by atoms with Crippen LogP contribution in [0.25, 0.3) is 0 Å². The number of rotatable bonds is 14.